The van der Waals surface area contributed by atoms with Gasteiger partial charge in [0.2, 0.25) is 0 Å². The van der Waals surface area contributed by atoms with E-state index in [0.29, 0.717) is 12.6 Å². The molecule has 0 spiro atoms. The lowest BCUT2D eigenvalue weighted by Gasteiger charge is -2.31. The summed E-state index contributed by atoms with van der Waals surface area (Å²) in [5, 5.41) is 11.0. The third-order valence-corrected chi connectivity index (χ3v) is 3.77. The van der Waals surface area contributed by atoms with Gasteiger partial charge in [-0.3, -0.25) is 15.0 Å². The number of nitrogens with zero attached hydrogens (tertiary/aromatic N) is 2. The molecule has 1 fully saturated rings. The normalized spacial score (nSPS) is 16.8. The summed E-state index contributed by atoms with van der Waals surface area (Å²) in [6, 6.07) is 5.46. The predicted octanol–water partition coefficient (Wildman–Crippen LogP) is 2.86. The van der Waals surface area contributed by atoms with Gasteiger partial charge in [-0.05, 0) is 31.5 Å². The highest BCUT2D eigenvalue weighted by Gasteiger charge is 2.19. The minimum atomic E-state index is -0.444. The van der Waals surface area contributed by atoms with E-state index in [2.05, 4.69) is 4.90 Å². The topological polar surface area (TPSA) is 55.6 Å². The van der Waals surface area contributed by atoms with Crippen molar-refractivity contribution >= 4 is 17.3 Å². The van der Waals surface area contributed by atoms with Crippen molar-refractivity contribution in [1.82, 2.24) is 4.90 Å². The molecule has 0 bridgehead atoms. The van der Waals surface area contributed by atoms with Crippen LogP contribution >= 0.6 is 11.6 Å². The van der Waals surface area contributed by atoms with Gasteiger partial charge >= 0.3 is 0 Å². The second-order valence-electron chi connectivity index (χ2n) is 4.80. The summed E-state index contributed by atoms with van der Waals surface area (Å²) < 4.78 is 5.33. The maximum absolute atomic E-state index is 10.9. The molecule has 1 aliphatic rings. The Hall–Kier alpha value is -1.17. The van der Waals surface area contributed by atoms with Crippen LogP contribution in [0.1, 0.15) is 18.4 Å². The summed E-state index contributed by atoms with van der Waals surface area (Å²) in [5.74, 6) is 0. The Bertz CT molecular complexity index is 461. The van der Waals surface area contributed by atoms with Gasteiger partial charge in [-0.15, -0.1) is 0 Å². The van der Waals surface area contributed by atoms with Crippen molar-refractivity contribution < 1.29 is 9.66 Å². The molecule has 1 aromatic carbocycles. The predicted molar refractivity (Wildman–Crippen MR) is 73.4 cm³/mol. The third-order valence-electron chi connectivity index (χ3n) is 3.45. The van der Waals surface area contributed by atoms with Crippen LogP contribution in [0.4, 0.5) is 5.69 Å². The molecule has 0 saturated carbocycles. The number of nitro benzene ring substituents is 1. The number of ether oxygens (including phenoxy) is 1. The van der Waals surface area contributed by atoms with E-state index in [4.69, 9.17) is 16.3 Å². The molecule has 1 saturated heterocycles. The van der Waals surface area contributed by atoms with E-state index in [1.165, 1.54) is 0 Å². The van der Waals surface area contributed by atoms with Gasteiger partial charge in [0.15, 0.2) is 0 Å². The van der Waals surface area contributed by atoms with Gasteiger partial charge in [-0.25, -0.2) is 0 Å². The number of halogens is 1. The van der Waals surface area contributed by atoms with Crippen molar-refractivity contribution in [2.24, 2.45) is 0 Å². The summed E-state index contributed by atoms with van der Waals surface area (Å²) in [5.41, 5.74) is 0.879. The smallest absolute Gasteiger partial charge is 0.288 e. The molecule has 0 aliphatic carbocycles. The monoisotopic (exact) mass is 284 g/mol. The quantitative estimate of drug-likeness (QED) is 0.630. The van der Waals surface area contributed by atoms with Crippen LogP contribution in [-0.2, 0) is 11.3 Å². The van der Waals surface area contributed by atoms with Gasteiger partial charge in [0, 0.05) is 31.9 Å². The van der Waals surface area contributed by atoms with Crippen molar-refractivity contribution in [3.05, 3.63) is 38.9 Å². The molecular weight excluding hydrogens is 268 g/mol. The van der Waals surface area contributed by atoms with E-state index >= 15 is 0 Å². The van der Waals surface area contributed by atoms with Crippen LogP contribution in [-0.4, -0.2) is 36.1 Å². The first-order chi connectivity index (χ1) is 9.08. The first-order valence-corrected chi connectivity index (χ1v) is 6.66. The Labute approximate surface area is 117 Å². The molecule has 0 atom stereocenters. The third kappa shape index (κ3) is 3.65. The minimum Gasteiger partial charge on any atom is -0.381 e. The lowest BCUT2D eigenvalue weighted by atomic mass is 10.1. The second kappa shape index (κ2) is 6.32. The number of hydrogen-bond acceptors (Lipinski definition) is 4. The Kier molecular flexibility index (Phi) is 4.74. The molecular formula is C13H17ClN2O3. The zero-order chi connectivity index (χ0) is 13.8. The van der Waals surface area contributed by atoms with E-state index in [1.807, 2.05) is 13.1 Å². The fraction of sp³-hybridized carbons (Fsp3) is 0.538. The molecule has 0 aromatic heterocycles. The van der Waals surface area contributed by atoms with Crippen LogP contribution < -0.4 is 0 Å². The van der Waals surface area contributed by atoms with Crippen molar-refractivity contribution in [3.63, 3.8) is 0 Å². The molecule has 0 unspecified atom stereocenters. The van der Waals surface area contributed by atoms with E-state index in [0.717, 1.165) is 31.6 Å². The number of rotatable bonds is 4. The minimum absolute atomic E-state index is 0.0282. The standard InChI is InChI=1S/C13H17ClN2O3/c1-15(11-4-6-19-7-5-11)9-10-2-3-12(14)13(8-10)16(17)18/h2-3,8,11H,4-7,9H2,1H3. The van der Waals surface area contributed by atoms with Gasteiger partial charge in [0.05, 0.1) is 4.92 Å². The van der Waals surface area contributed by atoms with Crippen LogP contribution in [0.15, 0.2) is 18.2 Å². The van der Waals surface area contributed by atoms with Crippen molar-refractivity contribution in [1.29, 1.82) is 0 Å². The highest BCUT2D eigenvalue weighted by atomic mass is 35.5. The van der Waals surface area contributed by atoms with Crippen LogP contribution in [0.5, 0.6) is 0 Å². The van der Waals surface area contributed by atoms with E-state index in [1.54, 1.807) is 12.1 Å². The highest BCUT2D eigenvalue weighted by Crippen LogP contribution is 2.26. The van der Waals surface area contributed by atoms with Gasteiger partial charge in [-0.2, -0.15) is 0 Å². The van der Waals surface area contributed by atoms with Gasteiger partial charge in [0.1, 0.15) is 5.02 Å². The van der Waals surface area contributed by atoms with Gasteiger partial charge in [-0.1, -0.05) is 17.7 Å². The van der Waals surface area contributed by atoms with Crippen LogP contribution in [0, 0.1) is 10.1 Å². The average Bonchev–Trinajstić information content (AvgIpc) is 2.41. The van der Waals surface area contributed by atoms with Crippen LogP contribution in [0.3, 0.4) is 0 Å². The molecule has 1 aromatic rings. The first kappa shape index (κ1) is 14.2. The zero-order valence-electron chi connectivity index (χ0n) is 10.8. The fourth-order valence-electron chi connectivity index (χ4n) is 2.34. The van der Waals surface area contributed by atoms with Crippen LogP contribution in [0.25, 0.3) is 0 Å². The lowest BCUT2D eigenvalue weighted by Crippen LogP contribution is -2.36. The Balaban J connectivity index is 2.05. The summed E-state index contributed by atoms with van der Waals surface area (Å²) in [6.45, 7) is 2.26. The molecule has 1 aliphatic heterocycles. The summed E-state index contributed by atoms with van der Waals surface area (Å²) in [4.78, 5) is 12.6. The van der Waals surface area contributed by atoms with E-state index in [-0.39, 0.29) is 10.7 Å². The van der Waals surface area contributed by atoms with E-state index in [9.17, 15) is 10.1 Å². The van der Waals surface area contributed by atoms with Gasteiger partial charge < -0.3 is 4.74 Å². The largest absolute Gasteiger partial charge is 0.381 e. The molecule has 0 amide bonds. The molecule has 19 heavy (non-hydrogen) atoms. The Morgan fingerprint density at radius 1 is 1.47 bits per heavy atom. The van der Waals surface area contributed by atoms with Crippen molar-refractivity contribution in [2.75, 3.05) is 20.3 Å². The second-order valence-corrected chi connectivity index (χ2v) is 5.21. The highest BCUT2D eigenvalue weighted by molar-refractivity contribution is 6.32. The van der Waals surface area contributed by atoms with Crippen LogP contribution in [0.2, 0.25) is 5.02 Å². The Morgan fingerprint density at radius 2 is 2.16 bits per heavy atom. The van der Waals surface area contributed by atoms with E-state index < -0.39 is 4.92 Å². The van der Waals surface area contributed by atoms with Crippen molar-refractivity contribution in [3.8, 4) is 0 Å². The molecule has 0 N–H and O–H groups in total. The number of nitro groups is 1. The fourth-order valence-corrected chi connectivity index (χ4v) is 2.53. The molecule has 0 radical (unpaired) electrons. The number of benzene rings is 1. The molecule has 104 valence electrons. The maximum atomic E-state index is 10.9. The molecule has 2 rings (SSSR count). The SMILES string of the molecule is CN(Cc1ccc(Cl)c([N+](=O)[O-])c1)C1CCOCC1. The number of hydrogen-bond donors (Lipinski definition) is 0. The Morgan fingerprint density at radius 3 is 2.79 bits per heavy atom. The average molecular weight is 285 g/mol. The molecule has 6 heteroatoms. The maximum Gasteiger partial charge on any atom is 0.288 e. The van der Waals surface area contributed by atoms with Crippen molar-refractivity contribution in [2.45, 2.75) is 25.4 Å². The zero-order valence-corrected chi connectivity index (χ0v) is 11.6. The molecule has 1 heterocycles. The summed E-state index contributed by atoms with van der Waals surface area (Å²) >= 11 is 5.80. The first-order valence-electron chi connectivity index (χ1n) is 6.28. The lowest BCUT2D eigenvalue weighted by molar-refractivity contribution is -0.384. The van der Waals surface area contributed by atoms with Gasteiger partial charge in [0.25, 0.3) is 5.69 Å². The molecule has 5 nitrogen and oxygen atoms in total. The summed E-state index contributed by atoms with van der Waals surface area (Å²) in [7, 11) is 2.04. The summed E-state index contributed by atoms with van der Waals surface area (Å²) in [6.07, 6.45) is 2.01.